The predicted molar refractivity (Wildman–Crippen MR) is 80.8 cm³/mol. The maximum atomic E-state index is 11.7. The fraction of sp³-hybridized carbons (Fsp3) is 0.267. The summed E-state index contributed by atoms with van der Waals surface area (Å²) in [7, 11) is 0. The molecule has 0 aliphatic rings. The molecule has 2 aromatic carbocycles. The van der Waals surface area contributed by atoms with Gasteiger partial charge in [0.15, 0.2) is 0 Å². The minimum atomic E-state index is -0.634. The van der Waals surface area contributed by atoms with Crippen LogP contribution in [0.4, 0.5) is 17.1 Å². The maximum absolute atomic E-state index is 11.7. The SMILES string of the molecule is CC(C)(C)Nc1c(Nc2ccc(C#N)cc2O)c(=O)c1=O. The average molecular weight is 285 g/mol. The largest absolute Gasteiger partial charge is 0.506 e. The van der Waals surface area contributed by atoms with Crippen LogP contribution in [0.5, 0.6) is 5.75 Å². The molecule has 0 aliphatic heterocycles. The van der Waals surface area contributed by atoms with Crippen molar-refractivity contribution in [3.05, 3.63) is 44.2 Å². The van der Waals surface area contributed by atoms with Crippen LogP contribution in [-0.4, -0.2) is 10.6 Å². The Morgan fingerprint density at radius 1 is 1.14 bits per heavy atom. The molecule has 0 saturated carbocycles. The summed E-state index contributed by atoms with van der Waals surface area (Å²) in [5.74, 6) is -0.163. The molecular weight excluding hydrogens is 270 g/mol. The normalized spacial score (nSPS) is 11.1. The molecule has 0 atom stereocenters. The van der Waals surface area contributed by atoms with Gasteiger partial charge in [0.25, 0.3) is 10.9 Å². The Bertz CT molecular complexity index is 803. The number of nitrogens with one attached hydrogen (secondary N) is 2. The number of nitriles is 1. The quantitative estimate of drug-likeness (QED) is 0.587. The molecule has 0 unspecified atom stereocenters. The van der Waals surface area contributed by atoms with Crippen molar-refractivity contribution in [1.82, 2.24) is 0 Å². The summed E-state index contributed by atoms with van der Waals surface area (Å²) < 4.78 is 0. The third-order valence-corrected chi connectivity index (χ3v) is 2.80. The molecule has 108 valence electrons. The Hall–Kier alpha value is -2.81. The lowest BCUT2D eigenvalue weighted by atomic mass is 10.1. The van der Waals surface area contributed by atoms with Crippen molar-refractivity contribution in [1.29, 1.82) is 5.26 Å². The molecule has 0 spiro atoms. The van der Waals surface area contributed by atoms with Crippen LogP contribution in [0, 0.1) is 11.3 Å². The predicted octanol–water partition coefficient (Wildman–Crippen LogP) is 1.81. The topological polar surface area (TPSA) is 102 Å². The molecule has 2 rings (SSSR count). The number of hydrogen-bond donors (Lipinski definition) is 3. The van der Waals surface area contributed by atoms with Crippen molar-refractivity contribution in [2.24, 2.45) is 0 Å². The van der Waals surface area contributed by atoms with Gasteiger partial charge in [-0.15, -0.1) is 0 Å². The molecule has 6 nitrogen and oxygen atoms in total. The lowest BCUT2D eigenvalue weighted by Gasteiger charge is -2.25. The number of phenolic OH excluding ortho intramolecular Hbond substituents is 1. The van der Waals surface area contributed by atoms with E-state index >= 15 is 0 Å². The van der Waals surface area contributed by atoms with Gasteiger partial charge < -0.3 is 15.7 Å². The van der Waals surface area contributed by atoms with E-state index in [4.69, 9.17) is 5.26 Å². The van der Waals surface area contributed by atoms with Gasteiger partial charge >= 0.3 is 0 Å². The molecule has 0 aromatic heterocycles. The van der Waals surface area contributed by atoms with E-state index in [9.17, 15) is 14.7 Å². The van der Waals surface area contributed by atoms with E-state index < -0.39 is 10.9 Å². The van der Waals surface area contributed by atoms with Gasteiger partial charge in [-0.25, -0.2) is 0 Å². The minimum absolute atomic E-state index is 0.120. The van der Waals surface area contributed by atoms with Gasteiger partial charge in [-0.05, 0) is 39.0 Å². The highest BCUT2D eigenvalue weighted by atomic mass is 16.3. The first-order valence-corrected chi connectivity index (χ1v) is 6.34. The van der Waals surface area contributed by atoms with Gasteiger partial charge in [-0.2, -0.15) is 5.26 Å². The third kappa shape index (κ3) is 2.87. The van der Waals surface area contributed by atoms with E-state index in [2.05, 4.69) is 10.6 Å². The van der Waals surface area contributed by atoms with Crippen LogP contribution in [0.3, 0.4) is 0 Å². The molecular formula is C15H15N3O3. The molecule has 0 aliphatic carbocycles. The van der Waals surface area contributed by atoms with Crippen LogP contribution in [0.15, 0.2) is 27.8 Å². The third-order valence-electron chi connectivity index (χ3n) is 2.80. The second-order valence-electron chi connectivity index (χ2n) is 5.75. The van der Waals surface area contributed by atoms with Gasteiger partial charge in [0.2, 0.25) is 0 Å². The monoisotopic (exact) mass is 285 g/mol. The number of benzene rings is 1. The van der Waals surface area contributed by atoms with E-state index in [0.717, 1.165) is 0 Å². The Morgan fingerprint density at radius 3 is 2.29 bits per heavy atom. The summed E-state index contributed by atoms with van der Waals surface area (Å²) in [5, 5.41) is 24.2. The van der Waals surface area contributed by atoms with Crippen molar-refractivity contribution >= 4 is 17.1 Å². The highest BCUT2D eigenvalue weighted by molar-refractivity contribution is 5.81. The number of anilines is 3. The first kappa shape index (κ1) is 14.6. The highest BCUT2D eigenvalue weighted by Gasteiger charge is 2.25. The van der Waals surface area contributed by atoms with Gasteiger partial charge in [-0.3, -0.25) is 9.59 Å². The fourth-order valence-corrected chi connectivity index (χ4v) is 1.85. The standard InChI is InChI=1S/C15H15N3O3/c1-15(2,3)18-12-11(13(20)14(12)21)17-9-5-4-8(7-16)6-10(9)19/h4-6,17-19H,1-3H3. The molecule has 0 fully saturated rings. The Morgan fingerprint density at radius 2 is 1.76 bits per heavy atom. The van der Waals surface area contributed by atoms with E-state index in [0.29, 0.717) is 5.56 Å². The number of rotatable bonds is 3. The molecule has 6 heteroatoms. The van der Waals surface area contributed by atoms with Crippen LogP contribution < -0.4 is 21.5 Å². The van der Waals surface area contributed by atoms with E-state index in [1.54, 1.807) is 0 Å². The van der Waals surface area contributed by atoms with Gasteiger partial charge in [-0.1, -0.05) is 0 Å². The Labute approximate surface area is 121 Å². The summed E-state index contributed by atoms with van der Waals surface area (Å²) in [6.45, 7) is 5.60. The van der Waals surface area contributed by atoms with Crippen LogP contribution >= 0.6 is 0 Å². The second kappa shape index (κ2) is 4.94. The van der Waals surface area contributed by atoms with E-state index in [1.165, 1.54) is 18.2 Å². The molecule has 21 heavy (non-hydrogen) atoms. The van der Waals surface area contributed by atoms with Crippen LogP contribution in [0.1, 0.15) is 26.3 Å². The molecule has 0 saturated heterocycles. The molecule has 0 amide bonds. The van der Waals surface area contributed by atoms with Gasteiger partial charge in [0.05, 0.1) is 17.3 Å². The second-order valence-corrected chi connectivity index (χ2v) is 5.75. The fourth-order valence-electron chi connectivity index (χ4n) is 1.85. The number of aromatic hydroxyl groups is 1. The molecule has 0 bridgehead atoms. The van der Waals surface area contributed by atoms with Crippen LogP contribution in [0.2, 0.25) is 0 Å². The van der Waals surface area contributed by atoms with E-state index in [-0.39, 0.29) is 28.4 Å². The summed E-state index contributed by atoms with van der Waals surface area (Å²) >= 11 is 0. The lowest BCUT2D eigenvalue weighted by molar-refractivity contribution is 0.477. The van der Waals surface area contributed by atoms with Crippen molar-refractivity contribution < 1.29 is 5.11 Å². The van der Waals surface area contributed by atoms with Gasteiger partial charge in [0, 0.05) is 5.54 Å². The van der Waals surface area contributed by atoms with Crippen LogP contribution in [0.25, 0.3) is 0 Å². The van der Waals surface area contributed by atoms with E-state index in [1.807, 2.05) is 26.8 Å². The first-order chi connectivity index (χ1) is 9.73. The number of hydrogen-bond acceptors (Lipinski definition) is 6. The van der Waals surface area contributed by atoms with Crippen molar-refractivity contribution in [2.45, 2.75) is 26.3 Å². The maximum Gasteiger partial charge on any atom is 0.253 e. The Kier molecular flexibility index (Phi) is 3.44. The highest BCUT2D eigenvalue weighted by Crippen LogP contribution is 2.29. The van der Waals surface area contributed by atoms with Crippen molar-refractivity contribution in [2.75, 3.05) is 10.6 Å². The average Bonchev–Trinajstić information content (AvgIpc) is 2.42. The lowest BCUT2D eigenvalue weighted by Crippen LogP contribution is -2.41. The zero-order chi connectivity index (χ0) is 15.8. The molecule has 0 radical (unpaired) electrons. The zero-order valence-electron chi connectivity index (χ0n) is 11.9. The number of phenols is 1. The first-order valence-electron chi connectivity index (χ1n) is 6.34. The van der Waals surface area contributed by atoms with Crippen LogP contribution in [-0.2, 0) is 0 Å². The van der Waals surface area contributed by atoms with Crippen molar-refractivity contribution in [3.8, 4) is 11.8 Å². The Balaban J connectivity index is 2.34. The van der Waals surface area contributed by atoms with Gasteiger partial charge in [0.1, 0.15) is 17.1 Å². The molecule has 2 aromatic rings. The number of nitrogens with zero attached hydrogens (tertiary/aromatic N) is 1. The zero-order valence-corrected chi connectivity index (χ0v) is 11.9. The smallest absolute Gasteiger partial charge is 0.253 e. The molecule has 0 heterocycles. The summed E-state index contributed by atoms with van der Waals surface area (Å²) in [6.07, 6.45) is 0. The summed E-state index contributed by atoms with van der Waals surface area (Å²) in [4.78, 5) is 23.3. The molecule has 3 N–H and O–H groups in total. The summed E-state index contributed by atoms with van der Waals surface area (Å²) in [6, 6.07) is 6.16. The summed E-state index contributed by atoms with van der Waals surface area (Å²) in [5.41, 5.74) is -0.697. The van der Waals surface area contributed by atoms with Crippen molar-refractivity contribution in [3.63, 3.8) is 0 Å². The minimum Gasteiger partial charge on any atom is -0.506 e.